The number of allylic oxidation sites excluding steroid dienone is 2. The van der Waals surface area contributed by atoms with Crippen LogP contribution in [0.3, 0.4) is 0 Å². The van der Waals surface area contributed by atoms with Crippen LogP contribution in [-0.2, 0) is 19.5 Å². The normalized spacial score (nSPS) is 21.6. The van der Waals surface area contributed by atoms with E-state index >= 15 is 0 Å². The Morgan fingerprint density at radius 1 is 0.974 bits per heavy atom. The Morgan fingerprint density at radius 3 is 2.21 bits per heavy atom. The minimum Gasteiger partial charge on any atom is -0.313 e. The van der Waals surface area contributed by atoms with E-state index < -0.39 is 0 Å². The van der Waals surface area contributed by atoms with Gasteiger partial charge in [0.25, 0.3) is 11.6 Å². The topological polar surface area (TPSA) is 47.1 Å². The highest BCUT2D eigenvalue weighted by Crippen LogP contribution is 2.34. The summed E-state index contributed by atoms with van der Waals surface area (Å²) in [6.45, 7) is 18.4. The summed E-state index contributed by atoms with van der Waals surface area (Å²) in [5.41, 5.74) is 8.90. The Bertz CT molecular complexity index is 1240. The Kier molecular flexibility index (Phi) is 7.54. The van der Waals surface area contributed by atoms with E-state index in [-0.39, 0.29) is 28.3 Å². The summed E-state index contributed by atoms with van der Waals surface area (Å²) >= 11 is 0. The van der Waals surface area contributed by atoms with Gasteiger partial charge in [-0.05, 0) is 56.0 Å². The van der Waals surface area contributed by atoms with Crippen molar-refractivity contribution in [1.82, 2.24) is 10.7 Å². The van der Waals surface area contributed by atoms with Crippen LogP contribution in [-0.4, -0.2) is 19.1 Å². The molecule has 2 aromatic heterocycles. The molecule has 2 aliphatic rings. The van der Waals surface area contributed by atoms with Crippen LogP contribution in [0.25, 0.3) is 0 Å². The molecular weight excluding hydrogens is 468 g/mol. The lowest BCUT2D eigenvalue weighted by Gasteiger charge is -2.28. The molecule has 0 saturated heterocycles. The maximum absolute atomic E-state index is 3.85. The van der Waals surface area contributed by atoms with Gasteiger partial charge >= 0.3 is 0 Å². The molecule has 0 radical (unpaired) electrons. The van der Waals surface area contributed by atoms with Crippen molar-refractivity contribution in [2.45, 2.75) is 85.7 Å². The highest BCUT2D eigenvalue weighted by Gasteiger charge is 2.41. The van der Waals surface area contributed by atoms with Crippen LogP contribution < -0.4 is 30.2 Å². The van der Waals surface area contributed by atoms with Gasteiger partial charge in [-0.2, -0.15) is 5.01 Å². The average molecular weight is 519 g/mol. The number of pyridine rings is 2. The molecule has 0 fully saturated rings. The van der Waals surface area contributed by atoms with Crippen molar-refractivity contribution in [2.75, 3.05) is 17.4 Å². The number of fused-ring (bicyclic) bond motifs is 6. The average Bonchev–Trinajstić information content (AvgIpc) is 3.25. The predicted octanol–water partition coefficient (Wildman–Crippen LogP) is 5.01. The first-order valence-electron chi connectivity index (χ1n) is 14.1. The minimum absolute atomic E-state index is 0.0983. The number of rotatable bonds is 2. The van der Waals surface area contributed by atoms with Crippen LogP contribution in [0.15, 0.2) is 59.9 Å². The lowest BCUT2D eigenvalue weighted by molar-refractivity contribution is -0.684. The van der Waals surface area contributed by atoms with Gasteiger partial charge in [0.05, 0.1) is 31.2 Å². The second-order valence-electron chi connectivity index (χ2n) is 13.7. The number of aromatic nitrogens is 2. The molecule has 0 aromatic carbocycles. The van der Waals surface area contributed by atoms with Gasteiger partial charge in [-0.25, -0.2) is 14.5 Å². The zero-order valence-corrected chi connectivity index (χ0v) is 25.5. The first-order chi connectivity index (χ1) is 17.6. The van der Waals surface area contributed by atoms with Crippen molar-refractivity contribution in [3.05, 3.63) is 71.3 Å². The number of hydrazine groups is 1. The van der Waals surface area contributed by atoms with Crippen molar-refractivity contribution in [1.29, 1.82) is 0 Å². The number of nitrogens with zero attached hydrogens (tertiary/aromatic N) is 3. The van der Waals surface area contributed by atoms with Gasteiger partial charge in [0.2, 0.25) is 0 Å². The molecule has 2 aliphatic heterocycles. The van der Waals surface area contributed by atoms with Gasteiger partial charge in [-0.3, -0.25) is 0 Å². The first kappa shape index (κ1) is 28.3. The van der Waals surface area contributed by atoms with Gasteiger partial charge in [0.1, 0.15) is 17.1 Å². The van der Waals surface area contributed by atoms with Crippen LogP contribution in [0.2, 0.25) is 0 Å². The molecule has 4 bridgehead atoms. The third-order valence-electron chi connectivity index (χ3n) is 8.34. The van der Waals surface area contributed by atoms with E-state index in [9.17, 15) is 0 Å². The maximum atomic E-state index is 3.85. The second-order valence-corrected chi connectivity index (χ2v) is 13.7. The number of likely N-dealkylation sites (N-methyl/N-ethyl adjacent to an activating group) is 1. The van der Waals surface area contributed by atoms with Crippen molar-refractivity contribution in [3.8, 4) is 0 Å². The van der Waals surface area contributed by atoms with Crippen molar-refractivity contribution < 1.29 is 9.13 Å². The molecule has 0 saturated carbocycles. The Morgan fingerprint density at radius 2 is 1.61 bits per heavy atom. The zero-order chi connectivity index (χ0) is 28.0. The van der Waals surface area contributed by atoms with Gasteiger partial charge in [-0.15, -0.1) is 5.43 Å². The van der Waals surface area contributed by atoms with E-state index in [0.29, 0.717) is 0 Å². The SMILES string of the molecule is CNC(/C=C1/CCC2=CC(C(C)(C)C)NN2c2cccc([n+]2C)C(C)(C)c2cccc([n+]2C)N1)C(C)(C)C. The standard InChI is InChI=1S/C32H49N6/c1-30(2,3)24(33-9)20-22-18-19-23-21-25(31(4,5)6)35-38(23)29-17-13-15-27(37(29)11)32(7,8)26-14-12-16-28(34-22)36(26)10/h12-17,20-21,24-25,33,35H,18-19H2,1-11H3/q+1/p+1/b22-20-,34-28?. The van der Waals surface area contributed by atoms with Gasteiger partial charge in [-0.1, -0.05) is 53.7 Å². The first-order valence-corrected chi connectivity index (χ1v) is 14.1. The van der Waals surface area contributed by atoms with Crippen molar-refractivity contribution >= 4 is 11.6 Å². The molecule has 0 aliphatic carbocycles. The molecule has 3 N–H and O–H groups in total. The van der Waals surface area contributed by atoms with E-state index in [1.807, 2.05) is 0 Å². The fraction of sp³-hybridized carbons (Fsp3) is 0.562. The molecule has 4 rings (SSSR count). The minimum atomic E-state index is -0.221. The molecule has 6 heteroatoms. The lowest BCUT2D eigenvalue weighted by Crippen LogP contribution is -2.53. The molecule has 38 heavy (non-hydrogen) atoms. The van der Waals surface area contributed by atoms with Crippen LogP contribution in [0.5, 0.6) is 0 Å². The zero-order valence-electron chi connectivity index (χ0n) is 25.5. The summed E-state index contributed by atoms with van der Waals surface area (Å²) in [6.07, 6.45) is 6.67. The fourth-order valence-electron chi connectivity index (χ4n) is 5.85. The van der Waals surface area contributed by atoms with E-state index in [0.717, 1.165) is 24.5 Å². The summed E-state index contributed by atoms with van der Waals surface area (Å²) < 4.78 is 4.68. The van der Waals surface area contributed by atoms with Crippen LogP contribution >= 0.6 is 0 Å². The molecule has 2 unspecified atom stereocenters. The Hall–Kier alpha value is -2.70. The predicted molar refractivity (Wildman–Crippen MR) is 158 cm³/mol. The summed E-state index contributed by atoms with van der Waals surface area (Å²) in [7, 11) is 6.43. The maximum Gasteiger partial charge on any atom is 0.300 e. The fourth-order valence-corrected chi connectivity index (χ4v) is 5.85. The lowest BCUT2D eigenvalue weighted by atomic mass is 9.84. The number of anilines is 2. The van der Waals surface area contributed by atoms with Gasteiger partial charge < -0.3 is 5.32 Å². The van der Waals surface area contributed by atoms with E-state index in [4.69, 9.17) is 0 Å². The Labute approximate surface area is 230 Å². The highest BCUT2D eigenvalue weighted by atomic mass is 15.6. The molecule has 4 heterocycles. The van der Waals surface area contributed by atoms with Crippen molar-refractivity contribution in [2.24, 2.45) is 24.9 Å². The Balaban J connectivity index is 1.93. The molecule has 0 amide bonds. The molecule has 2 aromatic rings. The molecule has 6 nitrogen and oxygen atoms in total. The third-order valence-corrected chi connectivity index (χ3v) is 8.34. The number of hydrogen-bond acceptors (Lipinski definition) is 4. The monoisotopic (exact) mass is 518 g/mol. The third kappa shape index (κ3) is 5.39. The van der Waals surface area contributed by atoms with Gasteiger partial charge in [0.15, 0.2) is 0 Å². The van der Waals surface area contributed by atoms with Crippen LogP contribution in [0.4, 0.5) is 11.6 Å². The molecule has 206 valence electrons. The smallest absolute Gasteiger partial charge is 0.300 e. The van der Waals surface area contributed by atoms with E-state index in [1.165, 1.54) is 22.8 Å². The van der Waals surface area contributed by atoms with Crippen LogP contribution in [0, 0.1) is 10.8 Å². The number of nitrogens with one attached hydrogen (secondary N) is 3. The molecule has 0 spiro atoms. The summed E-state index contributed by atoms with van der Waals surface area (Å²) in [5, 5.41) is 9.73. The van der Waals surface area contributed by atoms with Crippen LogP contribution in [0.1, 0.15) is 79.6 Å². The largest absolute Gasteiger partial charge is 0.313 e. The summed E-state index contributed by atoms with van der Waals surface area (Å²) in [5.74, 6) is 2.26. The quantitative estimate of drug-likeness (QED) is 0.489. The van der Waals surface area contributed by atoms with Gasteiger partial charge in [0, 0.05) is 31.0 Å². The molecule has 2 atom stereocenters. The summed E-state index contributed by atoms with van der Waals surface area (Å²) in [6, 6.07) is 13.8. The van der Waals surface area contributed by atoms with E-state index in [1.54, 1.807) is 0 Å². The highest BCUT2D eigenvalue weighted by molar-refractivity contribution is 5.47. The second kappa shape index (κ2) is 10.1. The van der Waals surface area contributed by atoms with Crippen molar-refractivity contribution in [3.63, 3.8) is 0 Å². The summed E-state index contributed by atoms with van der Waals surface area (Å²) in [4.78, 5) is 0. The molecular formula is C32H50N6+2. The number of hydrogen-bond donors (Lipinski definition) is 3. The van der Waals surface area contributed by atoms with E-state index in [2.05, 4.69) is 155 Å².